The average molecular weight is 273 g/mol. The highest BCUT2D eigenvalue weighted by Crippen LogP contribution is 2.12. The molecule has 1 heterocycles. The van der Waals surface area contributed by atoms with Crippen molar-refractivity contribution < 1.29 is 9.53 Å². The normalized spacial score (nSPS) is 10.6. The number of hydrogen-bond donors (Lipinski definition) is 1. The van der Waals surface area contributed by atoms with Crippen molar-refractivity contribution in [2.75, 3.05) is 5.32 Å². The first kappa shape index (κ1) is 14.1. The molecule has 1 aromatic heterocycles. The molecule has 5 nitrogen and oxygen atoms in total. The highest BCUT2D eigenvalue weighted by atomic mass is 16.5. The van der Waals surface area contributed by atoms with Crippen LogP contribution in [0.2, 0.25) is 0 Å². The fraction of sp³-hybridized carbons (Fsp3) is 0.333. The second-order valence-electron chi connectivity index (χ2n) is 4.84. The number of aromatic nitrogens is 2. The quantitative estimate of drug-likeness (QED) is 0.851. The summed E-state index contributed by atoms with van der Waals surface area (Å²) in [6.07, 6.45) is 3.56. The van der Waals surface area contributed by atoms with Crippen molar-refractivity contribution in [1.82, 2.24) is 9.55 Å². The maximum absolute atomic E-state index is 11.7. The van der Waals surface area contributed by atoms with Gasteiger partial charge in [0.1, 0.15) is 5.82 Å². The molecule has 0 amide bonds. The van der Waals surface area contributed by atoms with E-state index in [1.54, 1.807) is 18.3 Å². The number of imidazole rings is 1. The van der Waals surface area contributed by atoms with E-state index in [-0.39, 0.29) is 12.1 Å². The van der Waals surface area contributed by atoms with E-state index in [1.165, 1.54) is 0 Å². The zero-order chi connectivity index (χ0) is 14.5. The van der Waals surface area contributed by atoms with Gasteiger partial charge in [0.15, 0.2) is 0 Å². The van der Waals surface area contributed by atoms with Gasteiger partial charge in [-0.25, -0.2) is 9.78 Å². The lowest BCUT2D eigenvalue weighted by molar-refractivity contribution is 0.0378. The molecule has 2 rings (SSSR count). The van der Waals surface area contributed by atoms with Gasteiger partial charge in [-0.15, -0.1) is 0 Å². The summed E-state index contributed by atoms with van der Waals surface area (Å²) in [5, 5.41) is 3.26. The van der Waals surface area contributed by atoms with Gasteiger partial charge in [-0.05, 0) is 38.1 Å². The Morgan fingerprint density at radius 3 is 2.60 bits per heavy atom. The van der Waals surface area contributed by atoms with Crippen LogP contribution in [0.5, 0.6) is 0 Å². The van der Waals surface area contributed by atoms with Crippen molar-refractivity contribution in [2.24, 2.45) is 7.05 Å². The summed E-state index contributed by atoms with van der Waals surface area (Å²) in [6, 6.07) is 7.23. The van der Waals surface area contributed by atoms with Crippen molar-refractivity contribution in [3.05, 3.63) is 48.0 Å². The van der Waals surface area contributed by atoms with E-state index in [4.69, 9.17) is 4.74 Å². The minimum Gasteiger partial charge on any atom is -0.459 e. The SMILES string of the molecule is CC(C)OC(=O)c1ccc(NCc2nccn2C)cc1. The van der Waals surface area contributed by atoms with Crippen LogP contribution in [0.15, 0.2) is 36.7 Å². The van der Waals surface area contributed by atoms with Crippen LogP contribution in [-0.4, -0.2) is 21.6 Å². The Hall–Kier alpha value is -2.30. The number of nitrogens with one attached hydrogen (secondary N) is 1. The Labute approximate surface area is 118 Å². The number of anilines is 1. The van der Waals surface area contributed by atoms with Gasteiger partial charge in [-0.2, -0.15) is 0 Å². The third kappa shape index (κ3) is 3.60. The highest BCUT2D eigenvalue weighted by Gasteiger charge is 2.08. The van der Waals surface area contributed by atoms with Crippen LogP contribution in [0.4, 0.5) is 5.69 Å². The Morgan fingerprint density at radius 2 is 2.05 bits per heavy atom. The second-order valence-corrected chi connectivity index (χ2v) is 4.84. The van der Waals surface area contributed by atoms with E-state index >= 15 is 0 Å². The number of benzene rings is 1. The topological polar surface area (TPSA) is 56.1 Å². The van der Waals surface area contributed by atoms with Gasteiger partial charge >= 0.3 is 5.97 Å². The molecule has 1 aromatic carbocycles. The number of hydrogen-bond acceptors (Lipinski definition) is 4. The minimum absolute atomic E-state index is 0.108. The van der Waals surface area contributed by atoms with Crippen LogP contribution < -0.4 is 5.32 Å². The van der Waals surface area contributed by atoms with Crippen molar-refractivity contribution >= 4 is 11.7 Å². The van der Waals surface area contributed by atoms with Crippen LogP contribution in [0.1, 0.15) is 30.0 Å². The van der Waals surface area contributed by atoms with Crippen molar-refractivity contribution in [2.45, 2.75) is 26.5 Å². The number of rotatable bonds is 5. The molecule has 2 aromatic rings. The van der Waals surface area contributed by atoms with E-state index in [1.807, 2.05) is 43.8 Å². The van der Waals surface area contributed by atoms with E-state index in [0.717, 1.165) is 11.5 Å². The molecule has 106 valence electrons. The van der Waals surface area contributed by atoms with Crippen LogP contribution in [-0.2, 0) is 18.3 Å². The molecular weight excluding hydrogens is 254 g/mol. The summed E-state index contributed by atoms with van der Waals surface area (Å²) < 4.78 is 7.10. The molecule has 0 saturated carbocycles. The van der Waals surface area contributed by atoms with Crippen molar-refractivity contribution in [3.63, 3.8) is 0 Å². The molecule has 0 radical (unpaired) electrons. The van der Waals surface area contributed by atoms with Crippen LogP contribution in [0.3, 0.4) is 0 Å². The number of esters is 1. The number of ether oxygens (including phenoxy) is 1. The summed E-state index contributed by atoms with van der Waals surface area (Å²) >= 11 is 0. The lowest BCUT2D eigenvalue weighted by atomic mass is 10.2. The summed E-state index contributed by atoms with van der Waals surface area (Å²) in [4.78, 5) is 15.9. The first-order valence-electron chi connectivity index (χ1n) is 6.57. The van der Waals surface area contributed by atoms with Gasteiger partial charge in [-0.3, -0.25) is 0 Å². The number of carbonyl (C=O) groups is 1. The van der Waals surface area contributed by atoms with E-state index < -0.39 is 0 Å². The smallest absolute Gasteiger partial charge is 0.338 e. The maximum Gasteiger partial charge on any atom is 0.338 e. The minimum atomic E-state index is -0.296. The Bertz CT molecular complexity index is 573. The van der Waals surface area contributed by atoms with Crippen LogP contribution >= 0.6 is 0 Å². The first-order valence-corrected chi connectivity index (χ1v) is 6.57. The largest absolute Gasteiger partial charge is 0.459 e. The number of nitrogens with zero attached hydrogens (tertiary/aromatic N) is 2. The van der Waals surface area contributed by atoms with Gasteiger partial charge in [0.2, 0.25) is 0 Å². The van der Waals surface area contributed by atoms with Crippen LogP contribution in [0.25, 0.3) is 0 Å². The van der Waals surface area contributed by atoms with Gasteiger partial charge < -0.3 is 14.6 Å². The van der Waals surface area contributed by atoms with E-state index in [0.29, 0.717) is 12.1 Å². The Kier molecular flexibility index (Phi) is 4.40. The lowest BCUT2D eigenvalue weighted by Crippen LogP contribution is -2.11. The number of aryl methyl sites for hydroxylation is 1. The van der Waals surface area contributed by atoms with E-state index in [2.05, 4.69) is 10.3 Å². The molecule has 0 aliphatic carbocycles. The molecule has 0 atom stereocenters. The zero-order valence-corrected chi connectivity index (χ0v) is 12.0. The Morgan fingerprint density at radius 1 is 1.35 bits per heavy atom. The summed E-state index contributed by atoms with van der Waals surface area (Å²) in [7, 11) is 1.95. The molecule has 1 N–H and O–H groups in total. The average Bonchev–Trinajstić information content (AvgIpc) is 2.82. The molecule has 0 aliphatic heterocycles. The monoisotopic (exact) mass is 273 g/mol. The third-order valence-corrected chi connectivity index (χ3v) is 2.83. The zero-order valence-electron chi connectivity index (χ0n) is 12.0. The molecule has 0 fully saturated rings. The number of carbonyl (C=O) groups excluding carboxylic acids is 1. The summed E-state index contributed by atoms with van der Waals surface area (Å²) in [6.45, 7) is 4.31. The first-order chi connectivity index (χ1) is 9.56. The molecule has 0 unspecified atom stereocenters. The second kappa shape index (κ2) is 6.23. The fourth-order valence-corrected chi connectivity index (χ4v) is 1.75. The van der Waals surface area contributed by atoms with Gasteiger partial charge in [0, 0.05) is 25.1 Å². The molecule has 0 aliphatic rings. The standard InChI is InChI=1S/C15H19N3O2/c1-11(2)20-15(19)12-4-6-13(7-5-12)17-10-14-16-8-9-18(14)3/h4-9,11,17H,10H2,1-3H3. The molecule has 0 spiro atoms. The van der Waals surface area contributed by atoms with Gasteiger partial charge in [0.05, 0.1) is 18.2 Å². The summed E-state index contributed by atoms with van der Waals surface area (Å²) in [5.41, 5.74) is 1.50. The molecule has 0 bridgehead atoms. The van der Waals surface area contributed by atoms with Crippen LogP contribution in [0, 0.1) is 0 Å². The van der Waals surface area contributed by atoms with Crippen molar-refractivity contribution in [3.8, 4) is 0 Å². The highest BCUT2D eigenvalue weighted by molar-refractivity contribution is 5.89. The predicted molar refractivity (Wildman–Crippen MR) is 77.5 cm³/mol. The lowest BCUT2D eigenvalue weighted by Gasteiger charge is -2.09. The molecule has 5 heteroatoms. The third-order valence-electron chi connectivity index (χ3n) is 2.83. The van der Waals surface area contributed by atoms with Gasteiger partial charge in [0.25, 0.3) is 0 Å². The van der Waals surface area contributed by atoms with Crippen molar-refractivity contribution in [1.29, 1.82) is 0 Å². The Balaban J connectivity index is 1.95. The molecule has 20 heavy (non-hydrogen) atoms. The predicted octanol–water partition coefficient (Wildman–Crippen LogP) is 2.60. The molecular formula is C15H19N3O2. The van der Waals surface area contributed by atoms with Gasteiger partial charge in [-0.1, -0.05) is 0 Å². The van der Waals surface area contributed by atoms with E-state index in [9.17, 15) is 4.79 Å². The fourth-order valence-electron chi connectivity index (χ4n) is 1.75. The summed E-state index contributed by atoms with van der Waals surface area (Å²) in [5.74, 6) is 0.656. The molecule has 0 saturated heterocycles. The maximum atomic E-state index is 11.7.